The largest absolute Gasteiger partial charge is 0.309 e. The van der Waals surface area contributed by atoms with Crippen LogP contribution in [0.2, 0.25) is 0 Å². The number of fused-ring (bicyclic) bond motifs is 2. The van der Waals surface area contributed by atoms with Gasteiger partial charge in [-0.15, -0.1) is 0 Å². The highest BCUT2D eigenvalue weighted by molar-refractivity contribution is 6.06. The molecule has 168 valence electrons. The van der Waals surface area contributed by atoms with E-state index in [2.05, 4.69) is 25.2 Å². The predicted molar refractivity (Wildman–Crippen MR) is 127 cm³/mol. The number of hydrogen-bond acceptors (Lipinski definition) is 4. The number of carbonyl (C=O) groups is 1. The summed E-state index contributed by atoms with van der Waals surface area (Å²) in [5.41, 5.74) is 3.05. The van der Waals surface area contributed by atoms with Gasteiger partial charge in [0.2, 0.25) is 0 Å². The van der Waals surface area contributed by atoms with Gasteiger partial charge in [-0.25, -0.2) is 14.4 Å². The van der Waals surface area contributed by atoms with Gasteiger partial charge in [0, 0.05) is 12.1 Å². The highest BCUT2D eigenvalue weighted by Crippen LogP contribution is 2.31. The second-order valence-corrected chi connectivity index (χ2v) is 8.21. The highest BCUT2D eigenvalue weighted by atomic mass is 19.1. The molecule has 0 aliphatic heterocycles. The number of hydrogen-bond donors (Lipinski definition) is 1. The minimum absolute atomic E-state index is 0.282. The molecule has 0 aliphatic carbocycles. The van der Waals surface area contributed by atoms with Crippen LogP contribution in [0.3, 0.4) is 0 Å². The molecule has 0 radical (unpaired) electrons. The zero-order valence-electron chi connectivity index (χ0n) is 18.8. The minimum Gasteiger partial charge on any atom is -0.309 e. The van der Waals surface area contributed by atoms with Gasteiger partial charge in [0.15, 0.2) is 5.65 Å². The van der Waals surface area contributed by atoms with E-state index in [4.69, 9.17) is 9.97 Å². The molecule has 2 aromatic carbocycles. The highest BCUT2D eigenvalue weighted by Gasteiger charge is 2.24. The molecule has 0 bridgehead atoms. The molecule has 7 heteroatoms. The van der Waals surface area contributed by atoms with Gasteiger partial charge in [-0.3, -0.25) is 4.79 Å². The predicted octanol–water partition coefficient (Wildman–Crippen LogP) is 6.06. The number of nitriles is 1. The van der Waals surface area contributed by atoms with E-state index in [0.29, 0.717) is 40.5 Å². The van der Waals surface area contributed by atoms with Crippen molar-refractivity contribution in [1.82, 2.24) is 14.5 Å². The zero-order chi connectivity index (χ0) is 23.4. The maximum absolute atomic E-state index is 13.3. The molecule has 1 atom stereocenters. The van der Waals surface area contributed by atoms with Crippen LogP contribution in [0.4, 0.5) is 10.2 Å². The van der Waals surface area contributed by atoms with Crippen LogP contribution in [-0.2, 0) is 6.54 Å². The molecule has 6 nitrogen and oxygen atoms in total. The van der Waals surface area contributed by atoms with Crippen LogP contribution in [-0.4, -0.2) is 20.4 Å². The van der Waals surface area contributed by atoms with Crippen molar-refractivity contribution < 1.29 is 9.18 Å². The molecule has 4 aromatic rings. The Balaban J connectivity index is 1.86. The van der Waals surface area contributed by atoms with E-state index >= 15 is 0 Å². The van der Waals surface area contributed by atoms with Crippen molar-refractivity contribution in [2.75, 3.05) is 5.32 Å². The van der Waals surface area contributed by atoms with E-state index in [1.807, 2.05) is 28.8 Å². The quantitative estimate of drug-likeness (QED) is 0.358. The monoisotopic (exact) mass is 443 g/mol. The Bertz CT molecular complexity index is 1340. The molecule has 1 amide bonds. The van der Waals surface area contributed by atoms with E-state index in [-0.39, 0.29) is 5.56 Å². The number of amides is 1. The molecular formula is C26H26FN5O. The van der Waals surface area contributed by atoms with E-state index in [1.54, 1.807) is 0 Å². The van der Waals surface area contributed by atoms with E-state index in [1.165, 1.54) is 24.3 Å². The average Bonchev–Trinajstić information content (AvgIpc) is 3.11. The second-order valence-electron chi connectivity index (χ2n) is 8.21. The zero-order valence-corrected chi connectivity index (χ0v) is 18.8. The Morgan fingerprint density at radius 2 is 1.82 bits per heavy atom. The Labute approximate surface area is 192 Å². The third kappa shape index (κ3) is 4.56. The fourth-order valence-corrected chi connectivity index (χ4v) is 4.07. The molecule has 1 N–H and O–H groups in total. The van der Waals surface area contributed by atoms with E-state index in [0.717, 1.165) is 31.2 Å². The summed E-state index contributed by atoms with van der Waals surface area (Å²) in [6.45, 7) is 4.92. The SMILES string of the molecule is CCCC[C@H](CC)Cn1c(NC(=O)c2ccc(F)cc2)c(C#N)c2nc3ccccc3nc21. The first-order valence-corrected chi connectivity index (χ1v) is 11.3. The number of unbranched alkanes of at least 4 members (excludes halogenated alkanes) is 1. The van der Waals surface area contributed by atoms with Gasteiger partial charge in [-0.05, 0) is 48.7 Å². The normalized spacial score (nSPS) is 12.1. The molecule has 2 aromatic heterocycles. The van der Waals surface area contributed by atoms with Gasteiger partial charge in [0.1, 0.15) is 28.8 Å². The van der Waals surface area contributed by atoms with Gasteiger partial charge in [0.05, 0.1) is 11.0 Å². The summed E-state index contributed by atoms with van der Waals surface area (Å²) in [4.78, 5) is 22.5. The van der Waals surface area contributed by atoms with Gasteiger partial charge < -0.3 is 9.88 Å². The lowest BCUT2D eigenvalue weighted by Gasteiger charge is -2.18. The average molecular weight is 444 g/mol. The Morgan fingerprint density at radius 1 is 1.12 bits per heavy atom. The summed E-state index contributed by atoms with van der Waals surface area (Å²) in [7, 11) is 0. The number of aromatic nitrogens is 3. The van der Waals surface area contributed by atoms with Crippen LogP contribution < -0.4 is 5.32 Å². The summed E-state index contributed by atoms with van der Waals surface area (Å²) < 4.78 is 15.2. The number of nitrogens with one attached hydrogen (secondary N) is 1. The third-order valence-corrected chi connectivity index (χ3v) is 5.99. The van der Waals surface area contributed by atoms with Crippen LogP contribution in [0.1, 0.15) is 55.5 Å². The molecule has 0 saturated heterocycles. The first-order valence-electron chi connectivity index (χ1n) is 11.3. The van der Waals surface area contributed by atoms with Gasteiger partial charge in [-0.1, -0.05) is 45.2 Å². The van der Waals surface area contributed by atoms with Crippen LogP contribution in [0.25, 0.3) is 22.2 Å². The molecule has 2 heterocycles. The van der Waals surface area contributed by atoms with Gasteiger partial charge in [-0.2, -0.15) is 5.26 Å². The van der Waals surface area contributed by atoms with Crippen molar-refractivity contribution in [2.24, 2.45) is 5.92 Å². The van der Waals surface area contributed by atoms with Crippen molar-refractivity contribution >= 4 is 33.9 Å². The lowest BCUT2D eigenvalue weighted by Crippen LogP contribution is -2.18. The third-order valence-electron chi connectivity index (χ3n) is 5.99. The maximum Gasteiger partial charge on any atom is 0.256 e. The molecule has 0 spiro atoms. The number of halogens is 1. The lowest BCUT2D eigenvalue weighted by molar-refractivity contribution is 0.102. The maximum atomic E-state index is 13.3. The fraction of sp³-hybridized carbons (Fsp3) is 0.308. The summed E-state index contributed by atoms with van der Waals surface area (Å²) >= 11 is 0. The number of rotatable bonds is 8. The molecule has 0 aliphatic rings. The first-order chi connectivity index (χ1) is 16.0. The van der Waals surface area contributed by atoms with Crippen molar-refractivity contribution in [3.63, 3.8) is 0 Å². The molecule has 4 rings (SSSR count). The van der Waals surface area contributed by atoms with Crippen LogP contribution in [0.15, 0.2) is 48.5 Å². The minimum atomic E-state index is -0.417. The molecule has 0 fully saturated rings. The van der Waals surface area contributed by atoms with E-state index < -0.39 is 11.7 Å². The van der Waals surface area contributed by atoms with Crippen molar-refractivity contribution in [3.8, 4) is 6.07 Å². The Morgan fingerprint density at radius 3 is 2.45 bits per heavy atom. The van der Waals surface area contributed by atoms with Crippen LogP contribution >= 0.6 is 0 Å². The lowest BCUT2D eigenvalue weighted by atomic mass is 9.99. The molecular weight excluding hydrogens is 417 g/mol. The van der Waals surface area contributed by atoms with Gasteiger partial charge >= 0.3 is 0 Å². The Kier molecular flexibility index (Phi) is 6.64. The van der Waals surface area contributed by atoms with Gasteiger partial charge in [0.25, 0.3) is 5.91 Å². The number of carbonyl (C=O) groups excluding carboxylic acids is 1. The molecule has 0 unspecified atom stereocenters. The summed E-state index contributed by atoms with van der Waals surface area (Å²) in [5.74, 6) is -0.0872. The first kappa shape index (κ1) is 22.4. The fourth-order valence-electron chi connectivity index (χ4n) is 4.07. The standard InChI is InChI=1S/C26H26FN5O/c1-3-5-8-17(4-2)16-32-24(31-26(33)18-11-13-19(27)14-12-18)20(15-28)23-25(32)30-22-10-7-6-9-21(22)29-23/h6-7,9-14,17H,3-5,8,16H2,1-2H3,(H,31,33)/t17-/m0/s1. The smallest absolute Gasteiger partial charge is 0.256 e. The summed E-state index contributed by atoms with van der Waals surface area (Å²) in [5, 5.41) is 12.9. The topological polar surface area (TPSA) is 83.6 Å². The van der Waals surface area contributed by atoms with Crippen LogP contribution in [0.5, 0.6) is 0 Å². The second kappa shape index (κ2) is 9.78. The number of nitrogens with zero attached hydrogens (tertiary/aromatic N) is 4. The number of anilines is 1. The number of para-hydroxylation sites is 2. The van der Waals surface area contributed by atoms with Crippen molar-refractivity contribution in [1.29, 1.82) is 5.26 Å². The number of benzene rings is 2. The van der Waals surface area contributed by atoms with Crippen molar-refractivity contribution in [3.05, 3.63) is 65.5 Å². The van der Waals surface area contributed by atoms with Crippen molar-refractivity contribution in [2.45, 2.75) is 46.1 Å². The summed E-state index contributed by atoms with van der Waals surface area (Å²) in [6.07, 6.45) is 4.22. The molecule has 0 saturated carbocycles. The van der Waals surface area contributed by atoms with E-state index in [9.17, 15) is 14.4 Å². The molecule has 33 heavy (non-hydrogen) atoms. The van der Waals surface area contributed by atoms with Crippen LogP contribution in [0, 0.1) is 23.1 Å². The Hall–Kier alpha value is -3.79. The summed E-state index contributed by atoms with van der Waals surface area (Å²) in [6, 6.07) is 15.1.